The second-order valence-electron chi connectivity index (χ2n) is 5.39. The van der Waals surface area contributed by atoms with Crippen molar-refractivity contribution < 1.29 is 9.30 Å². The van der Waals surface area contributed by atoms with E-state index in [1.54, 1.807) is 7.11 Å². The van der Waals surface area contributed by atoms with Crippen LogP contribution in [0.2, 0.25) is 0 Å². The van der Waals surface area contributed by atoms with Crippen LogP contribution < -0.4 is 9.30 Å². The molecule has 0 atom stereocenters. The molecule has 1 N–H and O–H groups in total. The molecule has 4 rings (SSSR count). The molecule has 4 heteroatoms. The van der Waals surface area contributed by atoms with Gasteiger partial charge in [0.2, 0.25) is 0 Å². The van der Waals surface area contributed by atoms with Gasteiger partial charge >= 0.3 is 0 Å². The fraction of sp³-hybridized carbons (Fsp3) is 0.111. The first kappa shape index (κ1) is 12.7. The van der Waals surface area contributed by atoms with E-state index in [0.717, 1.165) is 38.6 Å². The maximum absolute atomic E-state index is 9.12. The predicted octanol–water partition coefficient (Wildman–Crippen LogP) is 3.18. The summed E-state index contributed by atoms with van der Waals surface area (Å²) in [4.78, 5) is 3.44. The molecule has 4 nitrogen and oxygen atoms in total. The number of fused-ring (bicyclic) bond motifs is 4. The van der Waals surface area contributed by atoms with Gasteiger partial charge in [-0.25, -0.2) is 9.55 Å². The SMILES string of the molecule is COc1ccc2c(c1)cc1c3cc(C#N)ccc3[nH]c1[n+]2C. The van der Waals surface area contributed by atoms with Gasteiger partial charge in [0, 0.05) is 10.8 Å². The van der Waals surface area contributed by atoms with Crippen molar-refractivity contribution in [1.82, 2.24) is 4.98 Å². The van der Waals surface area contributed by atoms with E-state index in [2.05, 4.69) is 27.8 Å². The van der Waals surface area contributed by atoms with Crippen molar-refractivity contribution in [3.05, 3.63) is 48.0 Å². The molecule has 2 aromatic heterocycles. The zero-order valence-electron chi connectivity index (χ0n) is 12.3. The molecule has 2 aromatic carbocycles. The molecule has 0 bridgehead atoms. The number of rotatable bonds is 1. The number of nitriles is 1. The minimum absolute atomic E-state index is 0.668. The highest BCUT2D eigenvalue weighted by molar-refractivity contribution is 6.08. The van der Waals surface area contributed by atoms with Crippen molar-refractivity contribution in [2.24, 2.45) is 7.05 Å². The first-order valence-electron chi connectivity index (χ1n) is 7.03. The molecule has 2 heterocycles. The first-order chi connectivity index (χ1) is 10.7. The molecule has 106 valence electrons. The number of aryl methyl sites for hydroxylation is 1. The van der Waals surface area contributed by atoms with Gasteiger partial charge < -0.3 is 4.74 Å². The van der Waals surface area contributed by atoms with E-state index >= 15 is 0 Å². The number of nitrogens with one attached hydrogen (secondary N) is 1. The van der Waals surface area contributed by atoms with E-state index in [0.29, 0.717) is 5.56 Å². The average molecular weight is 288 g/mol. The van der Waals surface area contributed by atoms with Crippen LogP contribution in [0.5, 0.6) is 5.75 Å². The van der Waals surface area contributed by atoms with Gasteiger partial charge in [-0.3, -0.25) is 0 Å². The molecule has 0 unspecified atom stereocenters. The van der Waals surface area contributed by atoms with E-state index in [1.807, 2.05) is 37.4 Å². The summed E-state index contributed by atoms with van der Waals surface area (Å²) >= 11 is 0. The Morgan fingerprint density at radius 1 is 1.09 bits per heavy atom. The van der Waals surface area contributed by atoms with Crippen molar-refractivity contribution in [2.75, 3.05) is 7.11 Å². The van der Waals surface area contributed by atoms with Gasteiger partial charge in [-0.05, 0) is 42.5 Å². The fourth-order valence-electron chi connectivity index (χ4n) is 3.04. The Morgan fingerprint density at radius 2 is 1.95 bits per heavy atom. The maximum Gasteiger partial charge on any atom is 0.287 e. The summed E-state index contributed by atoms with van der Waals surface area (Å²) in [5, 5.41) is 12.4. The van der Waals surface area contributed by atoms with Gasteiger partial charge in [0.15, 0.2) is 0 Å². The predicted molar refractivity (Wildman–Crippen MR) is 85.8 cm³/mol. The van der Waals surface area contributed by atoms with Gasteiger partial charge in [0.1, 0.15) is 16.8 Å². The highest BCUT2D eigenvalue weighted by Crippen LogP contribution is 2.28. The molecule has 0 aliphatic rings. The van der Waals surface area contributed by atoms with Crippen molar-refractivity contribution in [3.8, 4) is 11.8 Å². The molecule has 0 saturated carbocycles. The lowest BCUT2D eigenvalue weighted by Crippen LogP contribution is -2.30. The van der Waals surface area contributed by atoms with E-state index in [4.69, 9.17) is 10.00 Å². The highest BCUT2D eigenvalue weighted by atomic mass is 16.5. The molecule has 0 amide bonds. The quantitative estimate of drug-likeness (QED) is 0.547. The van der Waals surface area contributed by atoms with Crippen LogP contribution >= 0.6 is 0 Å². The summed E-state index contributed by atoms with van der Waals surface area (Å²) in [5.41, 5.74) is 3.87. The van der Waals surface area contributed by atoms with Gasteiger partial charge in [-0.1, -0.05) is 0 Å². The third-order valence-corrected chi connectivity index (χ3v) is 4.18. The lowest BCUT2D eigenvalue weighted by molar-refractivity contribution is -0.619. The van der Waals surface area contributed by atoms with Crippen molar-refractivity contribution in [1.29, 1.82) is 5.26 Å². The molecule has 4 aromatic rings. The second kappa shape index (κ2) is 4.47. The average Bonchev–Trinajstić information content (AvgIpc) is 2.92. The molecule has 22 heavy (non-hydrogen) atoms. The van der Waals surface area contributed by atoms with Gasteiger partial charge in [-0.2, -0.15) is 5.26 Å². The van der Waals surface area contributed by atoms with Crippen molar-refractivity contribution >= 4 is 32.8 Å². The Balaban J connectivity index is 2.18. The number of pyridine rings is 1. The summed E-state index contributed by atoms with van der Waals surface area (Å²) < 4.78 is 7.45. The number of nitrogens with zero attached hydrogens (tertiary/aromatic N) is 2. The molecular weight excluding hydrogens is 274 g/mol. The third kappa shape index (κ3) is 1.66. The second-order valence-corrected chi connectivity index (χ2v) is 5.39. The Morgan fingerprint density at radius 3 is 2.73 bits per heavy atom. The summed E-state index contributed by atoms with van der Waals surface area (Å²) in [7, 11) is 3.71. The van der Waals surface area contributed by atoms with E-state index in [9.17, 15) is 0 Å². The monoisotopic (exact) mass is 288 g/mol. The largest absolute Gasteiger partial charge is 0.497 e. The van der Waals surface area contributed by atoms with Gasteiger partial charge in [0.25, 0.3) is 5.65 Å². The summed E-state index contributed by atoms with van der Waals surface area (Å²) in [5.74, 6) is 0.837. The lowest BCUT2D eigenvalue weighted by atomic mass is 10.1. The minimum atomic E-state index is 0.668. The van der Waals surface area contributed by atoms with Crippen LogP contribution in [-0.4, -0.2) is 12.1 Å². The zero-order valence-corrected chi connectivity index (χ0v) is 12.3. The Kier molecular flexibility index (Phi) is 2.57. The van der Waals surface area contributed by atoms with Crippen LogP contribution in [0, 0.1) is 11.3 Å². The molecule has 0 fully saturated rings. The van der Waals surface area contributed by atoms with E-state index < -0.39 is 0 Å². The summed E-state index contributed by atoms with van der Waals surface area (Å²) in [6.07, 6.45) is 0. The molecular formula is C18H14N3O+. The van der Waals surface area contributed by atoms with Crippen LogP contribution in [-0.2, 0) is 7.05 Å². The highest BCUT2D eigenvalue weighted by Gasteiger charge is 2.16. The number of methoxy groups -OCH3 is 1. The van der Waals surface area contributed by atoms with E-state index in [1.165, 1.54) is 0 Å². The first-order valence-corrected chi connectivity index (χ1v) is 7.03. The molecule has 0 saturated heterocycles. The number of ether oxygens (including phenoxy) is 1. The van der Waals surface area contributed by atoms with Crippen LogP contribution in [0.25, 0.3) is 32.8 Å². The topological polar surface area (TPSA) is 52.7 Å². The van der Waals surface area contributed by atoms with Crippen LogP contribution in [0.3, 0.4) is 0 Å². The van der Waals surface area contributed by atoms with Crippen molar-refractivity contribution in [3.63, 3.8) is 0 Å². The summed E-state index contributed by atoms with van der Waals surface area (Å²) in [6, 6.07) is 16.1. The fourth-order valence-corrected chi connectivity index (χ4v) is 3.04. The minimum Gasteiger partial charge on any atom is -0.497 e. The van der Waals surface area contributed by atoms with Crippen LogP contribution in [0.15, 0.2) is 42.5 Å². The number of aromatic amines is 1. The Hall–Kier alpha value is -3.06. The maximum atomic E-state index is 9.12. The third-order valence-electron chi connectivity index (χ3n) is 4.18. The van der Waals surface area contributed by atoms with Gasteiger partial charge in [-0.15, -0.1) is 0 Å². The molecule has 0 radical (unpaired) electrons. The molecule has 0 spiro atoms. The van der Waals surface area contributed by atoms with Crippen LogP contribution in [0.1, 0.15) is 5.56 Å². The van der Waals surface area contributed by atoms with E-state index in [-0.39, 0.29) is 0 Å². The smallest absolute Gasteiger partial charge is 0.287 e. The molecule has 0 aliphatic heterocycles. The normalized spacial score (nSPS) is 11.1. The van der Waals surface area contributed by atoms with Crippen molar-refractivity contribution in [2.45, 2.75) is 0 Å². The number of benzene rings is 2. The lowest BCUT2D eigenvalue weighted by Gasteiger charge is -2.04. The Labute approximate surface area is 127 Å². The number of aromatic nitrogens is 2. The standard InChI is InChI=1S/C18H13N3O/c1-21-17-6-4-13(22-2)8-12(17)9-15-14-7-11(10-19)3-5-16(14)20-18(15)21/h3-9H,1-2H3/p+1. The van der Waals surface area contributed by atoms with Crippen LogP contribution in [0.4, 0.5) is 0 Å². The number of hydrogen-bond acceptors (Lipinski definition) is 2. The number of H-pyrrole nitrogens is 1. The number of hydrogen-bond donors (Lipinski definition) is 1. The Bertz CT molecular complexity index is 1090. The summed E-state index contributed by atoms with van der Waals surface area (Å²) in [6.45, 7) is 0. The zero-order chi connectivity index (χ0) is 15.3. The van der Waals surface area contributed by atoms with Gasteiger partial charge in [0.05, 0.1) is 31.2 Å². The molecule has 0 aliphatic carbocycles.